The average molecular weight is 196 g/mol. The van der Waals surface area contributed by atoms with Gasteiger partial charge in [0.15, 0.2) is 0 Å². The fourth-order valence-corrected chi connectivity index (χ4v) is 2.05. The standard InChI is InChI=1S/C11H20N2O/c1-4-5-10-8-11(9-12,13(2)3)6-7-14-10/h10H,4-8H2,1-3H3. The van der Waals surface area contributed by atoms with Gasteiger partial charge in [0.2, 0.25) is 0 Å². The smallest absolute Gasteiger partial charge is 0.113 e. The number of rotatable bonds is 3. The highest BCUT2D eigenvalue weighted by molar-refractivity contribution is 5.09. The van der Waals surface area contributed by atoms with Crippen molar-refractivity contribution in [2.75, 3.05) is 20.7 Å². The number of hydrogen-bond donors (Lipinski definition) is 0. The second kappa shape index (κ2) is 4.77. The number of nitrogens with zero attached hydrogens (tertiary/aromatic N) is 2. The van der Waals surface area contributed by atoms with Crippen molar-refractivity contribution in [3.63, 3.8) is 0 Å². The van der Waals surface area contributed by atoms with E-state index in [9.17, 15) is 5.26 Å². The van der Waals surface area contributed by atoms with Crippen LogP contribution in [-0.4, -0.2) is 37.2 Å². The van der Waals surface area contributed by atoms with E-state index in [1.807, 2.05) is 19.0 Å². The zero-order chi connectivity index (χ0) is 10.6. The maximum atomic E-state index is 9.25. The molecule has 3 nitrogen and oxygen atoms in total. The van der Waals surface area contributed by atoms with Crippen molar-refractivity contribution in [2.45, 2.75) is 44.2 Å². The quantitative estimate of drug-likeness (QED) is 0.690. The summed E-state index contributed by atoms with van der Waals surface area (Å²) < 4.78 is 5.65. The minimum Gasteiger partial charge on any atom is -0.378 e. The van der Waals surface area contributed by atoms with Gasteiger partial charge in [-0.1, -0.05) is 13.3 Å². The molecule has 0 spiro atoms. The molecule has 0 bridgehead atoms. The molecule has 1 aliphatic heterocycles. The molecule has 0 saturated carbocycles. The molecule has 2 atom stereocenters. The van der Waals surface area contributed by atoms with Crippen LogP contribution in [0.3, 0.4) is 0 Å². The molecule has 80 valence electrons. The second-order valence-corrected chi connectivity index (χ2v) is 4.27. The Kier molecular flexibility index (Phi) is 3.91. The normalized spacial score (nSPS) is 32.9. The predicted molar refractivity (Wildman–Crippen MR) is 55.9 cm³/mol. The molecular formula is C11H20N2O. The van der Waals surface area contributed by atoms with Crippen molar-refractivity contribution in [1.82, 2.24) is 4.90 Å². The van der Waals surface area contributed by atoms with Gasteiger partial charge in [0.25, 0.3) is 0 Å². The minimum atomic E-state index is -0.294. The first-order valence-corrected chi connectivity index (χ1v) is 5.35. The van der Waals surface area contributed by atoms with E-state index in [2.05, 4.69) is 13.0 Å². The highest BCUT2D eigenvalue weighted by Crippen LogP contribution is 2.30. The molecule has 1 fully saturated rings. The van der Waals surface area contributed by atoms with Gasteiger partial charge in [-0.25, -0.2) is 0 Å². The van der Waals surface area contributed by atoms with E-state index >= 15 is 0 Å². The second-order valence-electron chi connectivity index (χ2n) is 4.27. The summed E-state index contributed by atoms with van der Waals surface area (Å²) in [6, 6.07) is 2.45. The van der Waals surface area contributed by atoms with Crippen LogP contribution in [0.2, 0.25) is 0 Å². The van der Waals surface area contributed by atoms with Gasteiger partial charge in [0.1, 0.15) is 5.54 Å². The average Bonchev–Trinajstić information content (AvgIpc) is 2.18. The van der Waals surface area contributed by atoms with E-state index in [0.717, 1.165) is 32.3 Å². The summed E-state index contributed by atoms with van der Waals surface area (Å²) in [5, 5.41) is 9.25. The molecule has 2 unspecified atom stereocenters. The summed E-state index contributed by atoms with van der Waals surface area (Å²) in [4.78, 5) is 2.04. The molecule has 0 radical (unpaired) electrons. The van der Waals surface area contributed by atoms with E-state index in [1.54, 1.807) is 0 Å². The van der Waals surface area contributed by atoms with Crippen LogP contribution in [0.25, 0.3) is 0 Å². The van der Waals surface area contributed by atoms with Crippen molar-refractivity contribution in [3.8, 4) is 6.07 Å². The first-order valence-electron chi connectivity index (χ1n) is 5.35. The van der Waals surface area contributed by atoms with Gasteiger partial charge >= 0.3 is 0 Å². The third kappa shape index (κ3) is 2.26. The van der Waals surface area contributed by atoms with Crippen LogP contribution < -0.4 is 0 Å². The minimum absolute atomic E-state index is 0.274. The van der Waals surface area contributed by atoms with Crippen LogP contribution in [-0.2, 0) is 4.74 Å². The molecular weight excluding hydrogens is 176 g/mol. The first-order chi connectivity index (χ1) is 6.64. The molecule has 0 aromatic carbocycles. The highest BCUT2D eigenvalue weighted by Gasteiger charge is 2.38. The largest absolute Gasteiger partial charge is 0.378 e. The first kappa shape index (κ1) is 11.5. The molecule has 1 saturated heterocycles. The Balaban J connectivity index is 2.65. The van der Waals surface area contributed by atoms with Crippen molar-refractivity contribution in [2.24, 2.45) is 0 Å². The fourth-order valence-electron chi connectivity index (χ4n) is 2.05. The molecule has 0 N–H and O–H groups in total. The Morgan fingerprint density at radius 1 is 1.57 bits per heavy atom. The third-order valence-electron chi connectivity index (χ3n) is 3.11. The third-order valence-corrected chi connectivity index (χ3v) is 3.11. The van der Waals surface area contributed by atoms with Crippen molar-refractivity contribution < 1.29 is 4.74 Å². The van der Waals surface area contributed by atoms with Gasteiger partial charge in [-0.05, 0) is 20.5 Å². The van der Waals surface area contributed by atoms with E-state index < -0.39 is 0 Å². The molecule has 0 aromatic heterocycles. The van der Waals surface area contributed by atoms with Crippen LogP contribution in [0.5, 0.6) is 0 Å². The Labute approximate surface area is 86.6 Å². The molecule has 1 heterocycles. The van der Waals surface area contributed by atoms with Crippen molar-refractivity contribution in [1.29, 1.82) is 5.26 Å². The lowest BCUT2D eigenvalue weighted by Gasteiger charge is -2.40. The van der Waals surface area contributed by atoms with E-state index in [-0.39, 0.29) is 11.6 Å². The van der Waals surface area contributed by atoms with E-state index in [0.29, 0.717) is 0 Å². The summed E-state index contributed by atoms with van der Waals surface area (Å²) >= 11 is 0. The monoisotopic (exact) mass is 196 g/mol. The Hall–Kier alpha value is -0.590. The predicted octanol–water partition coefficient (Wildman–Crippen LogP) is 1.79. The summed E-state index contributed by atoms with van der Waals surface area (Å²) in [5.41, 5.74) is -0.294. The van der Waals surface area contributed by atoms with Crippen LogP contribution >= 0.6 is 0 Å². The number of ether oxygens (including phenoxy) is 1. The van der Waals surface area contributed by atoms with Crippen LogP contribution in [0.15, 0.2) is 0 Å². The zero-order valence-corrected chi connectivity index (χ0v) is 9.42. The lowest BCUT2D eigenvalue weighted by molar-refractivity contribution is -0.0436. The SMILES string of the molecule is CCCC1CC(C#N)(N(C)C)CCO1. The maximum Gasteiger partial charge on any atom is 0.113 e. The van der Waals surface area contributed by atoms with Crippen LogP contribution in [0.1, 0.15) is 32.6 Å². The van der Waals surface area contributed by atoms with Crippen molar-refractivity contribution in [3.05, 3.63) is 0 Å². The Bertz CT molecular complexity index is 220. The van der Waals surface area contributed by atoms with Crippen LogP contribution in [0.4, 0.5) is 0 Å². The van der Waals surface area contributed by atoms with E-state index in [1.165, 1.54) is 0 Å². The van der Waals surface area contributed by atoms with Gasteiger partial charge in [0, 0.05) is 19.4 Å². The van der Waals surface area contributed by atoms with Crippen molar-refractivity contribution >= 4 is 0 Å². The van der Waals surface area contributed by atoms with Gasteiger partial charge in [-0.2, -0.15) is 5.26 Å². The summed E-state index contributed by atoms with van der Waals surface area (Å²) in [7, 11) is 3.97. The van der Waals surface area contributed by atoms with Gasteiger partial charge in [0.05, 0.1) is 12.2 Å². The molecule has 3 heteroatoms. The summed E-state index contributed by atoms with van der Waals surface area (Å²) in [6.07, 6.45) is 4.15. The molecule has 0 amide bonds. The highest BCUT2D eigenvalue weighted by atomic mass is 16.5. The summed E-state index contributed by atoms with van der Waals surface area (Å²) in [5.74, 6) is 0. The molecule has 0 aromatic rings. The lowest BCUT2D eigenvalue weighted by atomic mass is 9.85. The molecule has 0 aliphatic carbocycles. The summed E-state index contributed by atoms with van der Waals surface area (Å²) in [6.45, 7) is 2.87. The number of hydrogen-bond acceptors (Lipinski definition) is 3. The zero-order valence-electron chi connectivity index (χ0n) is 9.42. The molecule has 14 heavy (non-hydrogen) atoms. The maximum absolute atomic E-state index is 9.25. The van der Waals surface area contributed by atoms with Crippen LogP contribution in [0, 0.1) is 11.3 Å². The van der Waals surface area contributed by atoms with Gasteiger partial charge < -0.3 is 4.74 Å². The Morgan fingerprint density at radius 3 is 2.79 bits per heavy atom. The van der Waals surface area contributed by atoms with E-state index in [4.69, 9.17) is 4.74 Å². The van der Waals surface area contributed by atoms with Gasteiger partial charge in [-0.3, -0.25) is 4.90 Å². The lowest BCUT2D eigenvalue weighted by Crippen LogP contribution is -2.50. The fraction of sp³-hybridized carbons (Fsp3) is 0.909. The number of nitriles is 1. The molecule has 1 aliphatic rings. The van der Waals surface area contributed by atoms with Gasteiger partial charge in [-0.15, -0.1) is 0 Å². The molecule has 1 rings (SSSR count). The Morgan fingerprint density at radius 2 is 2.29 bits per heavy atom. The topological polar surface area (TPSA) is 36.3 Å².